The summed E-state index contributed by atoms with van der Waals surface area (Å²) >= 11 is 0. The largest absolute Gasteiger partial charge is 0.481 e. The quantitative estimate of drug-likeness (QED) is 0.909. The van der Waals surface area contributed by atoms with E-state index in [2.05, 4.69) is 0 Å². The Kier molecular flexibility index (Phi) is 5.34. The van der Waals surface area contributed by atoms with Crippen molar-refractivity contribution in [2.75, 3.05) is 13.1 Å². The molecule has 118 valence electrons. The first kappa shape index (κ1) is 17.9. The molecule has 21 heavy (non-hydrogen) atoms. The van der Waals surface area contributed by atoms with Crippen molar-refractivity contribution in [1.29, 1.82) is 0 Å². The summed E-state index contributed by atoms with van der Waals surface area (Å²) in [7, 11) is 0. The number of halogens is 3. The molecule has 0 saturated carbocycles. The fraction of sp³-hybridized carbons (Fsp3) is 0.533. The molecule has 6 heteroatoms. The highest BCUT2D eigenvalue weighted by Gasteiger charge is 2.42. The van der Waals surface area contributed by atoms with Crippen LogP contribution in [0.25, 0.3) is 0 Å². The van der Waals surface area contributed by atoms with Crippen molar-refractivity contribution in [1.82, 2.24) is 4.90 Å². The van der Waals surface area contributed by atoms with E-state index < -0.39 is 29.4 Å². The van der Waals surface area contributed by atoms with Gasteiger partial charge in [0.1, 0.15) is 11.6 Å². The van der Waals surface area contributed by atoms with Crippen molar-refractivity contribution in [3.05, 3.63) is 35.4 Å². The lowest BCUT2D eigenvalue weighted by atomic mass is 9.88. The van der Waals surface area contributed by atoms with E-state index in [0.29, 0.717) is 13.1 Å². The van der Waals surface area contributed by atoms with Gasteiger partial charge in [-0.25, -0.2) is 8.78 Å². The minimum Gasteiger partial charge on any atom is -0.481 e. The number of hydrogen-bond donors (Lipinski definition) is 1. The molecular formula is C15H20ClF2NO2. The first-order chi connectivity index (χ1) is 9.20. The highest BCUT2D eigenvalue weighted by molar-refractivity contribution is 5.85. The zero-order valence-corrected chi connectivity index (χ0v) is 13.1. The van der Waals surface area contributed by atoms with Crippen molar-refractivity contribution < 1.29 is 18.7 Å². The molecule has 1 saturated heterocycles. The molecule has 2 atom stereocenters. The van der Waals surface area contributed by atoms with E-state index in [4.69, 9.17) is 0 Å². The van der Waals surface area contributed by atoms with Crippen LogP contribution in [-0.2, 0) is 4.79 Å². The summed E-state index contributed by atoms with van der Waals surface area (Å²) in [4.78, 5) is 13.4. The lowest BCUT2D eigenvalue weighted by Gasteiger charge is -2.31. The number of likely N-dealkylation sites (tertiary alicyclic amines) is 1. The second kappa shape index (κ2) is 6.28. The lowest BCUT2D eigenvalue weighted by molar-refractivity contribution is -0.141. The zero-order valence-electron chi connectivity index (χ0n) is 12.3. The first-order valence-corrected chi connectivity index (χ1v) is 6.63. The predicted octanol–water partition coefficient (Wildman–Crippen LogP) is 3.29. The Morgan fingerprint density at radius 3 is 2.38 bits per heavy atom. The molecular weight excluding hydrogens is 300 g/mol. The molecule has 0 aliphatic carbocycles. The number of rotatable bonds is 2. The maximum absolute atomic E-state index is 13.9. The molecule has 0 unspecified atom stereocenters. The van der Waals surface area contributed by atoms with Gasteiger partial charge in [0.15, 0.2) is 0 Å². The first-order valence-electron chi connectivity index (χ1n) is 6.63. The molecule has 2 rings (SSSR count). The number of carboxylic acid groups (broad SMARTS) is 1. The van der Waals surface area contributed by atoms with Crippen LogP contribution in [0, 0.1) is 17.6 Å². The number of aliphatic carboxylic acids is 1. The van der Waals surface area contributed by atoms with Crippen LogP contribution >= 0.6 is 12.4 Å². The van der Waals surface area contributed by atoms with E-state index in [1.165, 1.54) is 12.1 Å². The second-order valence-corrected chi connectivity index (χ2v) is 6.29. The smallest absolute Gasteiger partial charge is 0.308 e. The fourth-order valence-electron chi connectivity index (χ4n) is 2.72. The number of carboxylic acids is 1. The summed E-state index contributed by atoms with van der Waals surface area (Å²) in [5.74, 6) is -3.38. The summed E-state index contributed by atoms with van der Waals surface area (Å²) < 4.78 is 26.9. The van der Waals surface area contributed by atoms with Crippen LogP contribution in [0.1, 0.15) is 32.3 Å². The Morgan fingerprint density at radius 2 is 1.90 bits per heavy atom. The highest BCUT2D eigenvalue weighted by Crippen LogP contribution is 2.37. The van der Waals surface area contributed by atoms with Crippen molar-refractivity contribution >= 4 is 18.4 Å². The molecule has 0 spiro atoms. The maximum atomic E-state index is 13.9. The van der Waals surface area contributed by atoms with E-state index in [-0.39, 0.29) is 23.5 Å². The Morgan fingerprint density at radius 1 is 1.29 bits per heavy atom. The van der Waals surface area contributed by atoms with Crippen LogP contribution in [0.3, 0.4) is 0 Å². The molecule has 1 aliphatic heterocycles. The third-order valence-corrected chi connectivity index (χ3v) is 3.95. The third kappa shape index (κ3) is 3.71. The van der Waals surface area contributed by atoms with Crippen LogP contribution in [0.4, 0.5) is 8.78 Å². The number of benzene rings is 1. The standard InChI is InChI=1S/C15H19F2NO2.ClH/c1-15(2,3)18-7-11(12(8-18)14(19)20)10-5-4-9(16)6-13(10)17;/h4-6,11-12H,7-8H2,1-3H3,(H,19,20);1H/t11-,12+;/m1./s1. The summed E-state index contributed by atoms with van der Waals surface area (Å²) in [6.07, 6.45) is 0. The van der Waals surface area contributed by atoms with Gasteiger partial charge in [-0.05, 0) is 32.4 Å². The molecule has 0 bridgehead atoms. The van der Waals surface area contributed by atoms with Crippen LogP contribution in [0.2, 0.25) is 0 Å². The fourth-order valence-corrected chi connectivity index (χ4v) is 2.72. The maximum Gasteiger partial charge on any atom is 0.308 e. The van der Waals surface area contributed by atoms with Crippen molar-refractivity contribution in [3.63, 3.8) is 0 Å². The molecule has 0 aromatic heterocycles. The topological polar surface area (TPSA) is 40.5 Å². The summed E-state index contributed by atoms with van der Waals surface area (Å²) in [5, 5.41) is 9.35. The van der Waals surface area contributed by atoms with Gasteiger partial charge in [0, 0.05) is 30.6 Å². The number of nitrogens with zero attached hydrogens (tertiary/aromatic N) is 1. The molecule has 1 N–H and O–H groups in total. The minimum absolute atomic E-state index is 0. The SMILES string of the molecule is CC(C)(C)N1C[C@H](C(=O)O)[C@@H](c2ccc(F)cc2F)C1.Cl. The Hall–Kier alpha value is -1.20. The van der Waals surface area contributed by atoms with Gasteiger partial charge in [-0.2, -0.15) is 0 Å². The minimum atomic E-state index is -0.939. The average Bonchev–Trinajstić information content (AvgIpc) is 2.73. The predicted molar refractivity (Wildman–Crippen MR) is 78.8 cm³/mol. The van der Waals surface area contributed by atoms with Crippen LogP contribution in [0.5, 0.6) is 0 Å². The Labute approximate surface area is 129 Å². The van der Waals surface area contributed by atoms with Gasteiger partial charge < -0.3 is 5.11 Å². The Bertz CT molecular complexity index is 531. The van der Waals surface area contributed by atoms with Crippen LogP contribution in [-0.4, -0.2) is 34.6 Å². The van der Waals surface area contributed by atoms with Gasteiger partial charge in [0.25, 0.3) is 0 Å². The number of hydrogen-bond acceptors (Lipinski definition) is 2. The molecule has 3 nitrogen and oxygen atoms in total. The molecule has 1 fully saturated rings. The van der Waals surface area contributed by atoms with Crippen molar-refractivity contribution in [2.24, 2.45) is 5.92 Å². The third-order valence-electron chi connectivity index (χ3n) is 3.95. The van der Waals surface area contributed by atoms with E-state index >= 15 is 0 Å². The van der Waals surface area contributed by atoms with Crippen molar-refractivity contribution in [3.8, 4) is 0 Å². The molecule has 0 amide bonds. The highest BCUT2D eigenvalue weighted by atomic mass is 35.5. The van der Waals surface area contributed by atoms with E-state index in [0.717, 1.165) is 6.07 Å². The van der Waals surface area contributed by atoms with E-state index in [1.807, 2.05) is 25.7 Å². The van der Waals surface area contributed by atoms with Gasteiger partial charge >= 0.3 is 5.97 Å². The van der Waals surface area contributed by atoms with E-state index in [1.54, 1.807) is 0 Å². The molecule has 1 aromatic rings. The normalized spacial score (nSPS) is 22.9. The average molecular weight is 320 g/mol. The monoisotopic (exact) mass is 319 g/mol. The van der Waals surface area contributed by atoms with Gasteiger partial charge in [0.05, 0.1) is 5.92 Å². The van der Waals surface area contributed by atoms with Crippen LogP contribution in [0.15, 0.2) is 18.2 Å². The zero-order chi connectivity index (χ0) is 15.1. The van der Waals surface area contributed by atoms with Crippen LogP contribution < -0.4 is 0 Å². The summed E-state index contributed by atoms with van der Waals surface area (Å²) in [6.45, 7) is 6.82. The number of carbonyl (C=O) groups is 1. The second-order valence-electron chi connectivity index (χ2n) is 6.29. The Balaban J connectivity index is 0.00000220. The van der Waals surface area contributed by atoms with Crippen molar-refractivity contribution in [2.45, 2.75) is 32.2 Å². The van der Waals surface area contributed by atoms with E-state index in [9.17, 15) is 18.7 Å². The van der Waals surface area contributed by atoms with Gasteiger partial charge in [-0.1, -0.05) is 6.07 Å². The molecule has 1 aliphatic rings. The summed E-state index contributed by atoms with van der Waals surface area (Å²) in [5.41, 5.74) is 0.101. The van der Waals surface area contributed by atoms with Gasteiger partial charge in [-0.15, -0.1) is 12.4 Å². The molecule has 1 aromatic carbocycles. The van der Waals surface area contributed by atoms with Gasteiger partial charge in [0.2, 0.25) is 0 Å². The van der Waals surface area contributed by atoms with Gasteiger partial charge in [-0.3, -0.25) is 9.69 Å². The molecule has 1 heterocycles. The summed E-state index contributed by atoms with van der Waals surface area (Å²) in [6, 6.07) is 3.35. The lowest BCUT2D eigenvalue weighted by Crippen LogP contribution is -2.40. The molecule has 0 radical (unpaired) electrons.